The Hall–Kier alpha value is -1.50. The summed E-state index contributed by atoms with van der Waals surface area (Å²) in [6, 6.07) is 0. The minimum Gasteiger partial charge on any atom is -0.348 e. The lowest BCUT2D eigenvalue weighted by atomic mass is 10.3. The van der Waals surface area contributed by atoms with Gasteiger partial charge >= 0.3 is 0 Å². The zero-order valence-corrected chi connectivity index (χ0v) is 14.1. The van der Waals surface area contributed by atoms with Gasteiger partial charge in [-0.05, 0) is 12.5 Å². The van der Waals surface area contributed by atoms with Crippen molar-refractivity contribution in [2.75, 3.05) is 32.7 Å². The number of nitrogens with zero attached hydrogens (tertiary/aromatic N) is 5. The molecule has 1 atom stereocenters. The van der Waals surface area contributed by atoms with Gasteiger partial charge in [0.2, 0.25) is 5.91 Å². The van der Waals surface area contributed by atoms with E-state index in [0.717, 1.165) is 43.5 Å². The molecular formula is C15H23N5OS. The second-order valence-corrected chi connectivity index (χ2v) is 7.36. The molecule has 1 fully saturated rings. The number of thioether (sulfide) groups is 1. The van der Waals surface area contributed by atoms with Crippen LogP contribution in [0.1, 0.15) is 18.9 Å². The Labute approximate surface area is 135 Å². The minimum absolute atomic E-state index is 0.224. The summed E-state index contributed by atoms with van der Waals surface area (Å²) in [5.41, 5.74) is 1.13. The molecule has 0 aromatic carbocycles. The van der Waals surface area contributed by atoms with Gasteiger partial charge in [0.05, 0.1) is 12.7 Å². The molecule has 6 nitrogen and oxygen atoms in total. The normalized spacial score (nSPS) is 22.1. The van der Waals surface area contributed by atoms with E-state index in [9.17, 15) is 4.79 Å². The number of amides is 1. The first-order chi connectivity index (χ1) is 10.6. The monoisotopic (exact) mass is 321 g/mol. The Morgan fingerprint density at radius 2 is 2.14 bits per heavy atom. The van der Waals surface area contributed by atoms with Crippen molar-refractivity contribution >= 4 is 22.8 Å². The minimum atomic E-state index is 0.224. The predicted octanol–water partition coefficient (Wildman–Crippen LogP) is 1.22. The van der Waals surface area contributed by atoms with Crippen LogP contribution in [0.2, 0.25) is 0 Å². The molecule has 0 bridgehead atoms. The molecule has 2 aliphatic rings. The summed E-state index contributed by atoms with van der Waals surface area (Å²) in [5, 5.41) is 5.97. The second kappa shape index (κ2) is 6.73. The Morgan fingerprint density at radius 1 is 1.36 bits per heavy atom. The Balaban J connectivity index is 1.43. The highest BCUT2D eigenvalue weighted by molar-refractivity contribution is 8.14. The topological polar surface area (TPSA) is 53.7 Å². The third-order valence-corrected chi connectivity index (χ3v) is 5.16. The Morgan fingerprint density at radius 3 is 2.73 bits per heavy atom. The molecule has 2 aliphatic heterocycles. The smallest absolute Gasteiger partial charge is 0.224 e. The number of hydrogen-bond donors (Lipinski definition) is 0. The highest BCUT2D eigenvalue weighted by atomic mass is 32.2. The van der Waals surface area contributed by atoms with Crippen LogP contribution >= 0.6 is 11.8 Å². The van der Waals surface area contributed by atoms with Gasteiger partial charge in [-0.3, -0.25) is 14.5 Å². The van der Waals surface area contributed by atoms with Crippen LogP contribution in [-0.2, 0) is 11.3 Å². The van der Waals surface area contributed by atoms with Crippen LogP contribution in [0.5, 0.6) is 0 Å². The molecule has 0 N–H and O–H groups in total. The molecular weight excluding hydrogens is 298 g/mol. The van der Waals surface area contributed by atoms with Crippen LogP contribution in [0.15, 0.2) is 17.4 Å². The van der Waals surface area contributed by atoms with Gasteiger partial charge in [0.1, 0.15) is 0 Å². The van der Waals surface area contributed by atoms with Crippen molar-refractivity contribution in [1.29, 1.82) is 0 Å². The van der Waals surface area contributed by atoms with Gasteiger partial charge in [0.15, 0.2) is 5.17 Å². The van der Waals surface area contributed by atoms with Gasteiger partial charge in [-0.25, -0.2) is 0 Å². The van der Waals surface area contributed by atoms with E-state index in [4.69, 9.17) is 0 Å². The lowest BCUT2D eigenvalue weighted by Crippen LogP contribution is -2.50. The SMILES string of the molecule is Cc1cnn(CCC(=O)N2CCN(C3=NCC(C)S3)CC2)c1. The molecule has 1 unspecified atom stereocenters. The largest absolute Gasteiger partial charge is 0.348 e. The Kier molecular flexibility index (Phi) is 4.71. The molecule has 0 aliphatic carbocycles. The van der Waals surface area contributed by atoms with Crippen LogP contribution in [0, 0.1) is 6.92 Å². The Bertz CT molecular complexity index is 562. The first-order valence-electron chi connectivity index (χ1n) is 7.85. The average Bonchev–Trinajstić information content (AvgIpc) is 3.13. The maximum atomic E-state index is 12.3. The van der Waals surface area contributed by atoms with E-state index in [1.54, 1.807) is 0 Å². The van der Waals surface area contributed by atoms with E-state index < -0.39 is 0 Å². The number of carbonyl (C=O) groups excluding carboxylic acids is 1. The van der Waals surface area contributed by atoms with Crippen molar-refractivity contribution in [3.8, 4) is 0 Å². The summed E-state index contributed by atoms with van der Waals surface area (Å²) in [6.07, 6.45) is 4.32. The summed E-state index contributed by atoms with van der Waals surface area (Å²) in [4.78, 5) is 21.2. The number of amidine groups is 1. The predicted molar refractivity (Wildman–Crippen MR) is 89.1 cm³/mol. The number of aromatic nitrogens is 2. The average molecular weight is 321 g/mol. The zero-order valence-electron chi connectivity index (χ0n) is 13.2. The fraction of sp³-hybridized carbons (Fsp3) is 0.667. The molecule has 22 heavy (non-hydrogen) atoms. The fourth-order valence-electron chi connectivity index (χ4n) is 2.74. The lowest BCUT2D eigenvalue weighted by Gasteiger charge is -2.35. The van der Waals surface area contributed by atoms with Crippen molar-refractivity contribution in [2.24, 2.45) is 4.99 Å². The molecule has 1 saturated heterocycles. The van der Waals surface area contributed by atoms with Crippen molar-refractivity contribution < 1.29 is 4.79 Å². The second-order valence-electron chi connectivity index (χ2n) is 5.95. The van der Waals surface area contributed by atoms with Crippen LogP contribution < -0.4 is 0 Å². The third-order valence-electron chi connectivity index (χ3n) is 4.01. The maximum absolute atomic E-state index is 12.3. The summed E-state index contributed by atoms with van der Waals surface area (Å²) in [7, 11) is 0. The zero-order chi connectivity index (χ0) is 15.5. The standard InChI is InChI=1S/C15H23N5OS/c1-12-9-17-20(11-12)4-3-14(21)18-5-7-19(8-6-18)15-16-10-13(2)22-15/h9,11,13H,3-8,10H2,1-2H3. The van der Waals surface area contributed by atoms with Gasteiger partial charge in [-0.1, -0.05) is 18.7 Å². The molecule has 1 amide bonds. The van der Waals surface area contributed by atoms with Crippen molar-refractivity contribution in [1.82, 2.24) is 19.6 Å². The molecule has 1 aromatic rings. The van der Waals surface area contributed by atoms with E-state index in [-0.39, 0.29) is 5.91 Å². The highest BCUT2D eigenvalue weighted by Gasteiger charge is 2.26. The molecule has 0 saturated carbocycles. The van der Waals surface area contributed by atoms with Gasteiger partial charge < -0.3 is 9.80 Å². The van der Waals surface area contributed by atoms with Crippen LogP contribution in [0.3, 0.4) is 0 Å². The number of aliphatic imine (C=N–C) groups is 1. The summed E-state index contributed by atoms with van der Waals surface area (Å²) in [6.45, 7) is 9.18. The van der Waals surface area contributed by atoms with E-state index in [1.807, 2.05) is 40.7 Å². The van der Waals surface area contributed by atoms with E-state index in [1.165, 1.54) is 0 Å². The third kappa shape index (κ3) is 3.63. The molecule has 0 spiro atoms. The van der Waals surface area contributed by atoms with Crippen molar-refractivity contribution in [2.45, 2.75) is 32.1 Å². The highest BCUT2D eigenvalue weighted by Crippen LogP contribution is 2.23. The fourth-order valence-corrected chi connectivity index (χ4v) is 3.73. The van der Waals surface area contributed by atoms with Gasteiger partial charge in [-0.15, -0.1) is 0 Å². The van der Waals surface area contributed by atoms with E-state index >= 15 is 0 Å². The summed E-state index contributed by atoms with van der Waals surface area (Å²) in [5.74, 6) is 0.224. The molecule has 120 valence electrons. The van der Waals surface area contributed by atoms with Crippen LogP contribution in [0.4, 0.5) is 0 Å². The molecule has 0 radical (unpaired) electrons. The first-order valence-corrected chi connectivity index (χ1v) is 8.72. The summed E-state index contributed by atoms with van der Waals surface area (Å²) >= 11 is 1.85. The summed E-state index contributed by atoms with van der Waals surface area (Å²) < 4.78 is 1.84. The van der Waals surface area contributed by atoms with Crippen molar-refractivity contribution in [3.05, 3.63) is 18.0 Å². The number of piperazine rings is 1. The van der Waals surface area contributed by atoms with Crippen LogP contribution in [-0.4, -0.2) is 68.6 Å². The van der Waals surface area contributed by atoms with Gasteiger partial charge in [-0.2, -0.15) is 5.10 Å². The lowest BCUT2D eigenvalue weighted by molar-refractivity contribution is -0.132. The molecule has 1 aromatic heterocycles. The number of rotatable bonds is 3. The van der Waals surface area contributed by atoms with E-state index in [2.05, 4.69) is 21.9 Å². The number of hydrogen-bond acceptors (Lipinski definition) is 5. The number of aryl methyl sites for hydroxylation is 2. The first kappa shape index (κ1) is 15.4. The molecule has 3 heterocycles. The van der Waals surface area contributed by atoms with Crippen LogP contribution in [0.25, 0.3) is 0 Å². The molecule has 3 rings (SSSR count). The van der Waals surface area contributed by atoms with Crippen molar-refractivity contribution in [3.63, 3.8) is 0 Å². The van der Waals surface area contributed by atoms with Gasteiger partial charge in [0.25, 0.3) is 0 Å². The quantitative estimate of drug-likeness (QED) is 0.840. The van der Waals surface area contributed by atoms with Gasteiger partial charge in [0, 0.05) is 50.6 Å². The molecule has 7 heteroatoms. The maximum Gasteiger partial charge on any atom is 0.224 e. The number of carbonyl (C=O) groups is 1. The van der Waals surface area contributed by atoms with E-state index in [0.29, 0.717) is 18.2 Å².